The molecule has 1 fully saturated rings. The number of ether oxygens (including phenoxy) is 2. The van der Waals surface area contributed by atoms with E-state index in [0.29, 0.717) is 43.3 Å². The maximum Gasteiger partial charge on any atom is 0.338 e. The SMILES string of the molecule is CCc1nn(CC(C)(C)COC(=O)c2ccc(Cl)cc2)c2c1C(=O)NCC1(CCOCC1)C2. The van der Waals surface area contributed by atoms with Crippen molar-refractivity contribution in [1.29, 1.82) is 0 Å². The fourth-order valence-electron chi connectivity index (χ4n) is 4.68. The molecule has 3 heterocycles. The first kappa shape index (κ1) is 23.8. The van der Waals surface area contributed by atoms with E-state index in [1.807, 2.05) is 25.5 Å². The maximum absolute atomic E-state index is 13.0. The number of fused-ring (bicyclic) bond motifs is 1. The lowest BCUT2D eigenvalue weighted by atomic mass is 9.76. The van der Waals surface area contributed by atoms with Crippen molar-refractivity contribution in [2.24, 2.45) is 10.8 Å². The summed E-state index contributed by atoms with van der Waals surface area (Å²) < 4.78 is 13.2. The van der Waals surface area contributed by atoms with Crippen LogP contribution in [0.4, 0.5) is 0 Å². The number of carbonyl (C=O) groups is 2. The van der Waals surface area contributed by atoms with Gasteiger partial charge in [0.15, 0.2) is 0 Å². The molecule has 178 valence electrons. The Balaban J connectivity index is 1.54. The minimum Gasteiger partial charge on any atom is -0.461 e. The topological polar surface area (TPSA) is 82.5 Å². The van der Waals surface area contributed by atoms with Crippen molar-refractivity contribution in [3.8, 4) is 0 Å². The number of benzene rings is 1. The highest BCUT2D eigenvalue weighted by atomic mass is 35.5. The molecule has 1 aromatic carbocycles. The van der Waals surface area contributed by atoms with Gasteiger partial charge >= 0.3 is 5.97 Å². The van der Waals surface area contributed by atoms with Crippen molar-refractivity contribution in [1.82, 2.24) is 15.1 Å². The molecule has 1 N–H and O–H groups in total. The number of aryl methyl sites for hydroxylation is 1. The van der Waals surface area contributed by atoms with Crippen molar-refractivity contribution in [2.45, 2.75) is 53.0 Å². The van der Waals surface area contributed by atoms with E-state index in [4.69, 9.17) is 26.2 Å². The number of aromatic nitrogens is 2. The van der Waals surface area contributed by atoms with Gasteiger partial charge in [-0.3, -0.25) is 9.48 Å². The van der Waals surface area contributed by atoms with Gasteiger partial charge in [-0.25, -0.2) is 4.79 Å². The highest BCUT2D eigenvalue weighted by Crippen LogP contribution is 2.38. The third kappa shape index (κ3) is 5.25. The van der Waals surface area contributed by atoms with Crippen LogP contribution in [0.1, 0.15) is 65.7 Å². The minimum absolute atomic E-state index is 0.00680. The van der Waals surface area contributed by atoms with Gasteiger partial charge in [0.05, 0.1) is 29.1 Å². The largest absolute Gasteiger partial charge is 0.461 e. The lowest BCUT2D eigenvalue weighted by molar-refractivity contribution is 0.0145. The average molecular weight is 474 g/mol. The molecule has 1 spiro atoms. The Morgan fingerprint density at radius 2 is 1.97 bits per heavy atom. The predicted octanol–water partition coefficient (Wildman–Crippen LogP) is 4.06. The molecule has 8 heteroatoms. The molecule has 4 rings (SSSR count). The Morgan fingerprint density at radius 3 is 2.64 bits per heavy atom. The molecule has 0 aliphatic carbocycles. The van der Waals surface area contributed by atoms with Gasteiger partial charge in [-0.05, 0) is 55.4 Å². The van der Waals surface area contributed by atoms with Gasteiger partial charge in [-0.1, -0.05) is 32.4 Å². The molecule has 1 saturated heterocycles. The van der Waals surface area contributed by atoms with Crippen LogP contribution < -0.4 is 5.32 Å². The second-order valence-corrected chi connectivity index (χ2v) is 10.4. The van der Waals surface area contributed by atoms with E-state index in [2.05, 4.69) is 5.32 Å². The quantitative estimate of drug-likeness (QED) is 0.639. The summed E-state index contributed by atoms with van der Waals surface area (Å²) in [6.07, 6.45) is 3.31. The van der Waals surface area contributed by atoms with Crippen molar-refractivity contribution in [3.05, 3.63) is 51.8 Å². The third-order valence-electron chi connectivity index (χ3n) is 6.66. The number of nitrogens with zero attached hydrogens (tertiary/aromatic N) is 2. The molecule has 0 radical (unpaired) electrons. The average Bonchev–Trinajstić information content (AvgIpc) is 3.05. The highest BCUT2D eigenvalue weighted by Gasteiger charge is 2.40. The molecule has 1 aromatic heterocycles. The Bertz CT molecular complexity index is 1020. The summed E-state index contributed by atoms with van der Waals surface area (Å²) in [6.45, 7) is 8.98. The zero-order valence-electron chi connectivity index (χ0n) is 19.6. The predicted molar refractivity (Wildman–Crippen MR) is 126 cm³/mol. The van der Waals surface area contributed by atoms with Gasteiger partial charge in [-0.15, -0.1) is 0 Å². The van der Waals surface area contributed by atoms with Gasteiger partial charge in [-0.2, -0.15) is 5.10 Å². The molecular formula is C25H32ClN3O4. The number of halogens is 1. The van der Waals surface area contributed by atoms with E-state index in [1.165, 1.54) is 0 Å². The van der Waals surface area contributed by atoms with Crippen LogP contribution in [0.2, 0.25) is 5.02 Å². The fourth-order valence-corrected chi connectivity index (χ4v) is 4.81. The number of rotatable bonds is 6. The first-order valence-electron chi connectivity index (χ1n) is 11.6. The van der Waals surface area contributed by atoms with Crippen molar-refractivity contribution in [3.63, 3.8) is 0 Å². The van der Waals surface area contributed by atoms with Gasteiger partial charge < -0.3 is 14.8 Å². The molecule has 33 heavy (non-hydrogen) atoms. The molecule has 0 atom stereocenters. The standard InChI is InChI=1S/C25H32ClN3O4/c1-4-19-21-20(13-25(14-27-22(21)30)9-11-32-12-10-25)29(28-19)15-24(2,3)16-33-23(31)17-5-7-18(26)8-6-17/h5-8H,4,9-16H2,1-3H3,(H,27,30). The summed E-state index contributed by atoms with van der Waals surface area (Å²) >= 11 is 5.91. The molecule has 1 amide bonds. The lowest BCUT2D eigenvalue weighted by Gasteiger charge is -2.36. The van der Waals surface area contributed by atoms with E-state index in [1.54, 1.807) is 24.3 Å². The summed E-state index contributed by atoms with van der Waals surface area (Å²) in [4.78, 5) is 25.5. The van der Waals surface area contributed by atoms with Crippen LogP contribution in [0.3, 0.4) is 0 Å². The van der Waals surface area contributed by atoms with E-state index >= 15 is 0 Å². The van der Waals surface area contributed by atoms with Crippen LogP contribution in [0.15, 0.2) is 24.3 Å². The lowest BCUT2D eigenvalue weighted by Crippen LogP contribution is -2.41. The van der Waals surface area contributed by atoms with Crippen molar-refractivity contribution in [2.75, 3.05) is 26.4 Å². The summed E-state index contributed by atoms with van der Waals surface area (Å²) in [6, 6.07) is 6.66. The summed E-state index contributed by atoms with van der Waals surface area (Å²) in [7, 11) is 0. The first-order valence-corrected chi connectivity index (χ1v) is 12.0. The van der Waals surface area contributed by atoms with Crippen molar-refractivity contribution >= 4 is 23.5 Å². The second-order valence-electron chi connectivity index (χ2n) is 10.00. The van der Waals surface area contributed by atoms with E-state index in [0.717, 1.165) is 36.2 Å². The van der Waals surface area contributed by atoms with Gasteiger partial charge in [0.25, 0.3) is 5.91 Å². The summed E-state index contributed by atoms with van der Waals surface area (Å²) in [5.41, 5.74) is 2.61. The number of amides is 1. The number of hydrogen-bond acceptors (Lipinski definition) is 5. The Kier molecular flexibility index (Phi) is 6.82. The zero-order valence-corrected chi connectivity index (χ0v) is 20.3. The molecule has 0 bridgehead atoms. The molecule has 2 aliphatic heterocycles. The smallest absolute Gasteiger partial charge is 0.338 e. The van der Waals surface area contributed by atoms with Crippen LogP contribution >= 0.6 is 11.6 Å². The van der Waals surface area contributed by atoms with Crippen LogP contribution in [0, 0.1) is 10.8 Å². The third-order valence-corrected chi connectivity index (χ3v) is 6.92. The Labute approximate surface area is 199 Å². The van der Waals surface area contributed by atoms with Crippen LogP contribution in [0.25, 0.3) is 0 Å². The van der Waals surface area contributed by atoms with E-state index in [-0.39, 0.29) is 29.3 Å². The number of esters is 1. The maximum atomic E-state index is 13.0. The zero-order chi connectivity index (χ0) is 23.6. The van der Waals surface area contributed by atoms with Gasteiger partial charge in [0.2, 0.25) is 0 Å². The van der Waals surface area contributed by atoms with Crippen LogP contribution in [-0.2, 0) is 28.9 Å². The van der Waals surface area contributed by atoms with Crippen molar-refractivity contribution < 1.29 is 19.1 Å². The number of carbonyl (C=O) groups excluding carboxylic acids is 2. The minimum atomic E-state index is -0.381. The van der Waals surface area contributed by atoms with E-state index in [9.17, 15) is 9.59 Å². The summed E-state index contributed by atoms with van der Waals surface area (Å²) in [5, 5.41) is 8.55. The first-order chi connectivity index (χ1) is 15.7. The number of hydrogen-bond donors (Lipinski definition) is 1. The Hall–Kier alpha value is -2.38. The second kappa shape index (κ2) is 9.47. The normalized spacial score (nSPS) is 17.9. The molecule has 2 aromatic rings. The van der Waals surface area contributed by atoms with E-state index < -0.39 is 0 Å². The summed E-state index contributed by atoms with van der Waals surface area (Å²) in [5.74, 6) is -0.419. The van der Waals surface area contributed by atoms with Gasteiger partial charge in [0.1, 0.15) is 0 Å². The highest BCUT2D eigenvalue weighted by molar-refractivity contribution is 6.30. The van der Waals surface area contributed by atoms with Gasteiger partial charge in [0, 0.05) is 36.7 Å². The molecule has 0 unspecified atom stereocenters. The monoisotopic (exact) mass is 473 g/mol. The molecule has 0 saturated carbocycles. The molecular weight excluding hydrogens is 442 g/mol. The molecule has 7 nitrogen and oxygen atoms in total. The van der Waals surface area contributed by atoms with Crippen LogP contribution in [-0.4, -0.2) is 48.0 Å². The Morgan fingerprint density at radius 1 is 1.27 bits per heavy atom. The number of nitrogens with one attached hydrogen (secondary N) is 1. The van der Waals surface area contributed by atoms with Crippen LogP contribution in [0.5, 0.6) is 0 Å². The molecule has 2 aliphatic rings. The fraction of sp³-hybridized carbons (Fsp3) is 0.560.